The largest absolute Gasteiger partial charge is 0.308 e. The van der Waals surface area contributed by atoms with Crippen molar-refractivity contribution >= 4 is 11.6 Å². The molecule has 19 heavy (non-hydrogen) atoms. The number of nitriles is 1. The molecule has 4 nitrogen and oxygen atoms in total. The van der Waals surface area contributed by atoms with Gasteiger partial charge in [-0.25, -0.2) is 0 Å². The molecule has 0 N–H and O–H groups in total. The van der Waals surface area contributed by atoms with Crippen LogP contribution in [0.5, 0.6) is 0 Å². The summed E-state index contributed by atoms with van der Waals surface area (Å²) in [5, 5.41) is 9.06. The van der Waals surface area contributed by atoms with Gasteiger partial charge in [-0.15, -0.1) is 0 Å². The summed E-state index contributed by atoms with van der Waals surface area (Å²) < 4.78 is 0. The first-order chi connectivity index (χ1) is 9.31. The Hall–Kier alpha value is -2.67. The molecule has 0 radical (unpaired) electrons. The molecule has 0 saturated heterocycles. The molecule has 0 saturated carbocycles. The first-order valence-electron chi connectivity index (χ1n) is 6.05. The Morgan fingerprint density at radius 1 is 1.32 bits per heavy atom. The maximum atomic E-state index is 12.5. The van der Waals surface area contributed by atoms with Crippen molar-refractivity contribution in [2.75, 3.05) is 11.4 Å². The molecule has 0 atom stereocenters. The minimum atomic E-state index is -0.158. The quantitative estimate of drug-likeness (QED) is 0.778. The van der Waals surface area contributed by atoms with E-state index >= 15 is 0 Å². The van der Waals surface area contributed by atoms with Crippen LogP contribution in [0.1, 0.15) is 21.5 Å². The van der Waals surface area contributed by atoms with E-state index < -0.39 is 0 Å². The van der Waals surface area contributed by atoms with Gasteiger partial charge in [0.25, 0.3) is 5.91 Å². The molecule has 1 amide bonds. The zero-order valence-electron chi connectivity index (χ0n) is 10.2. The number of anilines is 1. The highest BCUT2D eigenvalue weighted by Gasteiger charge is 2.26. The molecular formula is C15H11N3O. The minimum absolute atomic E-state index is 0.158. The average molecular weight is 249 g/mol. The second-order valence-corrected chi connectivity index (χ2v) is 4.37. The number of hydrogen-bond donors (Lipinski definition) is 0. The van der Waals surface area contributed by atoms with Gasteiger partial charge in [0, 0.05) is 24.6 Å². The van der Waals surface area contributed by atoms with Crippen molar-refractivity contribution < 1.29 is 4.79 Å². The molecule has 0 aliphatic carbocycles. The second-order valence-electron chi connectivity index (χ2n) is 4.37. The van der Waals surface area contributed by atoms with Crippen LogP contribution < -0.4 is 4.90 Å². The highest BCUT2D eigenvalue weighted by Crippen LogP contribution is 2.29. The van der Waals surface area contributed by atoms with E-state index in [2.05, 4.69) is 4.98 Å². The average Bonchev–Trinajstić information content (AvgIpc) is 2.90. The summed E-state index contributed by atoms with van der Waals surface area (Å²) in [4.78, 5) is 18.2. The molecule has 0 spiro atoms. The van der Waals surface area contributed by atoms with Crippen LogP contribution in [-0.4, -0.2) is 17.4 Å². The Bertz CT molecular complexity index is 688. The monoisotopic (exact) mass is 249 g/mol. The molecular weight excluding hydrogens is 238 g/mol. The van der Waals surface area contributed by atoms with Crippen LogP contribution in [0.4, 0.5) is 5.69 Å². The van der Waals surface area contributed by atoms with Crippen molar-refractivity contribution in [2.24, 2.45) is 0 Å². The maximum Gasteiger partial charge on any atom is 0.261 e. The van der Waals surface area contributed by atoms with E-state index in [4.69, 9.17) is 5.26 Å². The highest BCUT2D eigenvalue weighted by atomic mass is 16.2. The molecule has 1 aromatic carbocycles. The van der Waals surface area contributed by atoms with Crippen molar-refractivity contribution in [1.82, 2.24) is 4.98 Å². The molecule has 1 aromatic heterocycles. The van der Waals surface area contributed by atoms with E-state index in [-0.39, 0.29) is 5.91 Å². The lowest BCUT2D eigenvalue weighted by atomic mass is 10.1. The normalized spacial score (nSPS) is 12.9. The van der Waals surface area contributed by atoms with E-state index in [1.165, 1.54) is 18.0 Å². The minimum Gasteiger partial charge on any atom is -0.308 e. The van der Waals surface area contributed by atoms with E-state index in [1.807, 2.05) is 30.3 Å². The summed E-state index contributed by atoms with van der Waals surface area (Å²) in [6, 6.07) is 11.4. The fourth-order valence-electron chi connectivity index (χ4n) is 2.36. The smallest absolute Gasteiger partial charge is 0.261 e. The van der Waals surface area contributed by atoms with Crippen LogP contribution in [0.3, 0.4) is 0 Å². The fourth-order valence-corrected chi connectivity index (χ4v) is 2.36. The van der Waals surface area contributed by atoms with Gasteiger partial charge in [-0.2, -0.15) is 5.26 Å². The van der Waals surface area contributed by atoms with Crippen molar-refractivity contribution in [3.05, 3.63) is 59.4 Å². The van der Waals surface area contributed by atoms with Crippen LogP contribution in [0.15, 0.2) is 42.7 Å². The molecule has 0 bridgehead atoms. The number of para-hydroxylation sites is 1. The van der Waals surface area contributed by atoms with E-state index in [9.17, 15) is 4.79 Å². The number of carbonyl (C=O) groups is 1. The molecule has 92 valence electrons. The molecule has 3 rings (SSSR count). The number of pyridine rings is 1. The third-order valence-electron chi connectivity index (χ3n) is 3.30. The zero-order valence-corrected chi connectivity index (χ0v) is 10.2. The number of rotatable bonds is 1. The van der Waals surface area contributed by atoms with Crippen molar-refractivity contribution in [1.29, 1.82) is 5.26 Å². The summed E-state index contributed by atoms with van der Waals surface area (Å²) in [5.41, 5.74) is 2.82. The number of hydrogen-bond acceptors (Lipinski definition) is 3. The molecule has 1 aliphatic rings. The topological polar surface area (TPSA) is 57.0 Å². The lowest BCUT2D eigenvalue weighted by molar-refractivity contribution is 0.0989. The molecule has 2 heterocycles. The number of benzene rings is 1. The highest BCUT2D eigenvalue weighted by molar-refractivity contribution is 6.08. The van der Waals surface area contributed by atoms with Gasteiger partial charge in [0.15, 0.2) is 0 Å². The van der Waals surface area contributed by atoms with E-state index in [1.54, 1.807) is 11.0 Å². The SMILES string of the molecule is N#Cc1ccncc1C(=O)N1CCc2ccccc21. The molecule has 0 fully saturated rings. The van der Waals surface area contributed by atoms with Crippen LogP contribution in [0, 0.1) is 11.3 Å². The summed E-state index contributed by atoms with van der Waals surface area (Å²) in [5.74, 6) is -0.158. The van der Waals surface area contributed by atoms with Gasteiger partial charge in [0.1, 0.15) is 6.07 Å². The number of fused-ring (bicyclic) bond motifs is 1. The number of amides is 1. The molecule has 1 aliphatic heterocycles. The second kappa shape index (κ2) is 4.54. The van der Waals surface area contributed by atoms with Gasteiger partial charge in [0.2, 0.25) is 0 Å². The van der Waals surface area contributed by atoms with Gasteiger partial charge >= 0.3 is 0 Å². The number of aromatic nitrogens is 1. The summed E-state index contributed by atoms with van der Waals surface area (Å²) in [6.45, 7) is 0.651. The first-order valence-corrected chi connectivity index (χ1v) is 6.05. The van der Waals surface area contributed by atoms with Gasteiger partial charge in [-0.1, -0.05) is 18.2 Å². The van der Waals surface area contributed by atoms with Crippen molar-refractivity contribution in [3.8, 4) is 6.07 Å². The van der Waals surface area contributed by atoms with Crippen LogP contribution in [0.25, 0.3) is 0 Å². The first kappa shape index (κ1) is 11.4. The molecule has 0 unspecified atom stereocenters. The Balaban J connectivity index is 2.01. The Kier molecular flexibility index (Phi) is 2.73. The Morgan fingerprint density at radius 2 is 2.16 bits per heavy atom. The molecule has 4 heteroatoms. The van der Waals surface area contributed by atoms with E-state index in [0.717, 1.165) is 12.1 Å². The number of nitrogens with zero attached hydrogens (tertiary/aromatic N) is 3. The maximum absolute atomic E-state index is 12.5. The fraction of sp³-hybridized carbons (Fsp3) is 0.133. The van der Waals surface area contributed by atoms with Gasteiger partial charge in [-0.3, -0.25) is 9.78 Å². The lowest BCUT2D eigenvalue weighted by Crippen LogP contribution is -2.29. The number of carbonyl (C=O) groups excluding carboxylic acids is 1. The Labute approximate surface area is 110 Å². The van der Waals surface area contributed by atoms with Crippen LogP contribution >= 0.6 is 0 Å². The van der Waals surface area contributed by atoms with Crippen LogP contribution in [-0.2, 0) is 6.42 Å². The van der Waals surface area contributed by atoms with Gasteiger partial charge in [-0.05, 0) is 24.1 Å². The predicted molar refractivity (Wildman–Crippen MR) is 70.8 cm³/mol. The Morgan fingerprint density at radius 3 is 3.00 bits per heavy atom. The lowest BCUT2D eigenvalue weighted by Gasteiger charge is -2.17. The van der Waals surface area contributed by atoms with Gasteiger partial charge < -0.3 is 4.90 Å². The zero-order chi connectivity index (χ0) is 13.2. The van der Waals surface area contributed by atoms with Crippen LogP contribution in [0.2, 0.25) is 0 Å². The third kappa shape index (κ3) is 1.85. The molecule has 2 aromatic rings. The standard InChI is InChI=1S/C15H11N3O/c16-9-12-5-7-17-10-13(12)15(19)18-8-6-11-3-1-2-4-14(11)18/h1-5,7,10H,6,8H2. The van der Waals surface area contributed by atoms with Gasteiger partial charge in [0.05, 0.1) is 11.1 Å². The van der Waals surface area contributed by atoms with Crippen molar-refractivity contribution in [2.45, 2.75) is 6.42 Å². The predicted octanol–water partition coefficient (Wildman–Crippen LogP) is 2.16. The van der Waals surface area contributed by atoms with E-state index in [0.29, 0.717) is 17.7 Å². The summed E-state index contributed by atoms with van der Waals surface area (Å²) in [6.07, 6.45) is 3.83. The summed E-state index contributed by atoms with van der Waals surface area (Å²) in [7, 11) is 0. The van der Waals surface area contributed by atoms with Crippen molar-refractivity contribution in [3.63, 3.8) is 0 Å². The summed E-state index contributed by atoms with van der Waals surface area (Å²) >= 11 is 0. The third-order valence-corrected chi connectivity index (χ3v) is 3.30.